The smallest absolute Gasteiger partial charge is 0.132 e. The molecule has 0 aromatic carbocycles. The van der Waals surface area contributed by atoms with Gasteiger partial charge in [0.05, 0.1) is 6.20 Å². The zero-order valence-electron chi connectivity index (χ0n) is 13.5. The topological polar surface area (TPSA) is 46.8 Å². The second-order valence-corrected chi connectivity index (χ2v) is 6.78. The molecule has 1 atom stereocenters. The van der Waals surface area contributed by atoms with Crippen molar-refractivity contribution in [2.75, 3.05) is 18.0 Å². The molecule has 3 heterocycles. The molecule has 2 aromatic rings. The molecule has 21 heavy (non-hydrogen) atoms. The number of hydrogen-bond donors (Lipinski definition) is 0. The van der Waals surface area contributed by atoms with Crippen LogP contribution in [0.1, 0.15) is 36.8 Å². The number of rotatable bonds is 2. The van der Waals surface area contributed by atoms with E-state index in [-0.39, 0.29) is 5.41 Å². The summed E-state index contributed by atoms with van der Waals surface area (Å²) in [6.07, 6.45) is 4.12. The zero-order chi connectivity index (χ0) is 15.2. The predicted octanol–water partition coefficient (Wildman–Crippen LogP) is 2.46. The highest BCUT2D eigenvalue weighted by molar-refractivity contribution is 5.44. The molecule has 0 aliphatic carbocycles. The Morgan fingerprint density at radius 1 is 1.24 bits per heavy atom. The predicted molar refractivity (Wildman–Crippen MR) is 83.4 cm³/mol. The van der Waals surface area contributed by atoms with Gasteiger partial charge in [-0.05, 0) is 24.8 Å². The highest BCUT2D eigenvalue weighted by Crippen LogP contribution is 2.43. The van der Waals surface area contributed by atoms with Crippen molar-refractivity contribution in [1.29, 1.82) is 0 Å². The normalized spacial score (nSPS) is 21.0. The fourth-order valence-corrected chi connectivity index (χ4v) is 3.34. The second kappa shape index (κ2) is 4.83. The first-order valence-corrected chi connectivity index (χ1v) is 7.41. The summed E-state index contributed by atoms with van der Waals surface area (Å²) in [4.78, 5) is 11.4. The van der Waals surface area contributed by atoms with E-state index >= 15 is 0 Å². The van der Waals surface area contributed by atoms with E-state index < -0.39 is 0 Å². The average Bonchev–Trinajstić information content (AvgIpc) is 2.91. The van der Waals surface area contributed by atoms with Crippen molar-refractivity contribution in [3.8, 4) is 0 Å². The number of anilines is 1. The van der Waals surface area contributed by atoms with E-state index in [1.54, 1.807) is 0 Å². The molecule has 0 radical (unpaired) electrons. The minimum Gasteiger partial charge on any atom is -0.355 e. The molecule has 1 fully saturated rings. The van der Waals surface area contributed by atoms with Crippen molar-refractivity contribution < 1.29 is 0 Å². The van der Waals surface area contributed by atoms with E-state index in [1.807, 2.05) is 31.8 Å². The first-order valence-electron chi connectivity index (χ1n) is 7.41. The Morgan fingerprint density at radius 3 is 2.62 bits per heavy atom. The molecule has 0 bridgehead atoms. The highest BCUT2D eigenvalue weighted by atomic mass is 15.3. The lowest BCUT2D eigenvalue weighted by atomic mass is 9.79. The Morgan fingerprint density at radius 2 is 2.00 bits per heavy atom. The van der Waals surface area contributed by atoms with Crippen molar-refractivity contribution >= 4 is 5.82 Å². The van der Waals surface area contributed by atoms with Crippen LogP contribution >= 0.6 is 0 Å². The Kier molecular flexibility index (Phi) is 3.23. The van der Waals surface area contributed by atoms with Gasteiger partial charge in [0, 0.05) is 44.0 Å². The van der Waals surface area contributed by atoms with Gasteiger partial charge in [-0.1, -0.05) is 13.8 Å². The molecule has 3 rings (SSSR count). The summed E-state index contributed by atoms with van der Waals surface area (Å²) in [5, 5.41) is 4.33. The Balaban J connectivity index is 1.91. The third-order valence-electron chi connectivity index (χ3n) is 4.35. The average molecular weight is 285 g/mol. The van der Waals surface area contributed by atoms with Crippen LogP contribution in [-0.4, -0.2) is 32.8 Å². The fourth-order valence-electron chi connectivity index (χ4n) is 3.34. The molecule has 0 amide bonds. The molecule has 5 nitrogen and oxygen atoms in total. The molecule has 0 N–H and O–H groups in total. The van der Waals surface area contributed by atoms with Crippen LogP contribution in [0.4, 0.5) is 5.82 Å². The van der Waals surface area contributed by atoms with Crippen LogP contribution in [0.5, 0.6) is 0 Å². The largest absolute Gasteiger partial charge is 0.355 e. The monoisotopic (exact) mass is 285 g/mol. The van der Waals surface area contributed by atoms with Crippen molar-refractivity contribution in [3.05, 3.63) is 35.5 Å². The van der Waals surface area contributed by atoms with Crippen LogP contribution in [0, 0.1) is 19.3 Å². The fraction of sp³-hybridized carbons (Fsp3) is 0.562. The van der Waals surface area contributed by atoms with E-state index in [4.69, 9.17) is 0 Å². The van der Waals surface area contributed by atoms with Crippen LogP contribution in [0.25, 0.3) is 0 Å². The quantitative estimate of drug-likeness (QED) is 0.850. The van der Waals surface area contributed by atoms with Gasteiger partial charge in [-0.25, -0.2) is 9.97 Å². The molecule has 0 spiro atoms. The number of aromatic nitrogens is 4. The van der Waals surface area contributed by atoms with Gasteiger partial charge in [-0.15, -0.1) is 0 Å². The third kappa shape index (κ3) is 2.64. The summed E-state index contributed by atoms with van der Waals surface area (Å²) in [6, 6.07) is 2.08. The molecule has 2 aromatic heterocycles. The molecule has 1 aliphatic heterocycles. The van der Waals surface area contributed by atoms with Gasteiger partial charge in [-0.3, -0.25) is 4.68 Å². The van der Waals surface area contributed by atoms with Crippen LogP contribution in [0.3, 0.4) is 0 Å². The molecule has 112 valence electrons. The van der Waals surface area contributed by atoms with Gasteiger partial charge >= 0.3 is 0 Å². The van der Waals surface area contributed by atoms with Crippen LogP contribution in [-0.2, 0) is 7.05 Å². The second-order valence-electron chi connectivity index (χ2n) is 6.78. The SMILES string of the molecule is Cc1cc(N2CC(c3cnn(C)c3)C(C)(C)C2)nc(C)n1. The third-order valence-corrected chi connectivity index (χ3v) is 4.35. The van der Waals surface area contributed by atoms with Crippen LogP contribution in [0.15, 0.2) is 18.5 Å². The Bertz CT molecular complexity index is 638. The van der Waals surface area contributed by atoms with Crippen LogP contribution < -0.4 is 4.90 Å². The van der Waals surface area contributed by atoms with Gasteiger partial charge < -0.3 is 4.90 Å². The zero-order valence-corrected chi connectivity index (χ0v) is 13.5. The summed E-state index contributed by atoms with van der Waals surface area (Å²) in [7, 11) is 1.97. The summed E-state index contributed by atoms with van der Waals surface area (Å²) in [5.74, 6) is 2.36. The maximum Gasteiger partial charge on any atom is 0.132 e. The van der Waals surface area contributed by atoms with E-state index in [0.29, 0.717) is 5.92 Å². The van der Waals surface area contributed by atoms with Gasteiger partial charge in [0.15, 0.2) is 0 Å². The van der Waals surface area contributed by atoms with E-state index in [2.05, 4.69) is 46.1 Å². The molecular weight excluding hydrogens is 262 g/mol. The van der Waals surface area contributed by atoms with Gasteiger partial charge in [-0.2, -0.15) is 5.10 Å². The molecular formula is C16H23N5. The Labute approximate surface area is 126 Å². The van der Waals surface area contributed by atoms with Crippen molar-refractivity contribution in [2.24, 2.45) is 12.5 Å². The van der Waals surface area contributed by atoms with Gasteiger partial charge in [0.1, 0.15) is 11.6 Å². The minimum absolute atomic E-state index is 0.204. The maximum atomic E-state index is 4.61. The van der Waals surface area contributed by atoms with E-state index in [1.165, 1.54) is 5.56 Å². The molecule has 1 aliphatic rings. The van der Waals surface area contributed by atoms with Crippen LogP contribution in [0.2, 0.25) is 0 Å². The summed E-state index contributed by atoms with van der Waals surface area (Å²) < 4.78 is 1.88. The highest BCUT2D eigenvalue weighted by Gasteiger charge is 2.41. The van der Waals surface area contributed by atoms with Crippen molar-refractivity contribution in [3.63, 3.8) is 0 Å². The molecule has 5 heteroatoms. The van der Waals surface area contributed by atoms with E-state index in [0.717, 1.165) is 30.4 Å². The first kappa shape index (κ1) is 14.0. The summed E-state index contributed by atoms with van der Waals surface area (Å²) in [5.41, 5.74) is 2.54. The van der Waals surface area contributed by atoms with Crippen molar-refractivity contribution in [1.82, 2.24) is 19.7 Å². The molecule has 0 saturated carbocycles. The van der Waals surface area contributed by atoms with Gasteiger partial charge in [0.2, 0.25) is 0 Å². The number of nitrogens with zero attached hydrogens (tertiary/aromatic N) is 5. The van der Waals surface area contributed by atoms with E-state index in [9.17, 15) is 0 Å². The minimum atomic E-state index is 0.204. The summed E-state index contributed by atoms with van der Waals surface area (Å²) >= 11 is 0. The number of hydrogen-bond acceptors (Lipinski definition) is 4. The standard InChI is InChI=1S/C16H23N5/c1-11-6-15(19-12(2)18-11)21-9-14(16(3,4)10-21)13-7-17-20(5)8-13/h6-8,14H,9-10H2,1-5H3. The Hall–Kier alpha value is -1.91. The maximum absolute atomic E-state index is 4.61. The number of aryl methyl sites for hydroxylation is 3. The lowest BCUT2D eigenvalue weighted by molar-refractivity contribution is 0.365. The van der Waals surface area contributed by atoms with Crippen molar-refractivity contribution in [2.45, 2.75) is 33.6 Å². The molecule has 1 saturated heterocycles. The summed E-state index contributed by atoms with van der Waals surface area (Å²) in [6.45, 7) is 10.6. The lowest BCUT2D eigenvalue weighted by Gasteiger charge is -2.24. The van der Waals surface area contributed by atoms with Gasteiger partial charge in [0.25, 0.3) is 0 Å². The lowest BCUT2D eigenvalue weighted by Crippen LogP contribution is -2.24. The molecule has 1 unspecified atom stereocenters. The first-order chi connectivity index (χ1) is 9.85.